The number of aryl methyl sites for hydroxylation is 2. The van der Waals surface area contributed by atoms with Crippen molar-refractivity contribution in [3.8, 4) is 5.75 Å². The molecule has 0 aliphatic heterocycles. The van der Waals surface area contributed by atoms with Crippen molar-refractivity contribution in [3.63, 3.8) is 0 Å². The van der Waals surface area contributed by atoms with E-state index in [-0.39, 0.29) is 0 Å². The van der Waals surface area contributed by atoms with Gasteiger partial charge in [-0.1, -0.05) is 25.1 Å². The van der Waals surface area contributed by atoms with E-state index in [1.807, 2.05) is 0 Å². The molecule has 1 aromatic carbocycles. The Labute approximate surface area is 92.6 Å². The fourth-order valence-corrected chi connectivity index (χ4v) is 1.58. The molecule has 0 amide bonds. The van der Waals surface area contributed by atoms with Crippen LogP contribution in [0.1, 0.15) is 24.5 Å². The van der Waals surface area contributed by atoms with E-state index in [1.165, 1.54) is 11.1 Å². The van der Waals surface area contributed by atoms with Gasteiger partial charge in [0.2, 0.25) is 0 Å². The summed E-state index contributed by atoms with van der Waals surface area (Å²) in [6.07, 6.45) is 1.06. The van der Waals surface area contributed by atoms with Gasteiger partial charge in [0.15, 0.2) is 0 Å². The molecule has 1 rings (SSSR count). The molecule has 0 unspecified atom stereocenters. The Morgan fingerprint density at radius 2 is 1.87 bits per heavy atom. The standard InChI is InChI=1S/C13H21NO/c1-4-14-9-6-10-15-13-11(2)7-5-8-12(13)3/h5,7-8,14H,4,6,9-10H2,1-3H3. The molecule has 15 heavy (non-hydrogen) atoms. The van der Waals surface area contributed by atoms with Gasteiger partial charge in [-0.25, -0.2) is 0 Å². The number of ether oxygens (including phenoxy) is 1. The maximum absolute atomic E-state index is 5.77. The smallest absolute Gasteiger partial charge is 0.125 e. The van der Waals surface area contributed by atoms with Crippen LogP contribution in [0.2, 0.25) is 0 Å². The molecule has 0 aliphatic carbocycles. The molecule has 0 aromatic heterocycles. The largest absolute Gasteiger partial charge is 0.493 e. The lowest BCUT2D eigenvalue weighted by Gasteiger charge is -2.11. The van der Waals surface area contributed by atoms with E-state index in [2.05, 4.69) is 44.3 Å². The zero-order valence-electron chi connectivity index (χ0n) is 9.97. The van der Waals surface area contributed by atoms with Crippen molar-refractivity contribution in [1.29, 1.82) is 0 Å². The van der Waals surface area contributed by atoms with E-state index >= 15 is 0 Å². The predicted molar refractivity (Wildman–Crippen MR) is 64.6 cm³/mol. The van der Waals surface area contributed by atoms with Crippen molar-refractivity contribution in [3.05, 3.63) is 29.3 Å². The number of benzene rings is 1. The number of nitrogens with one attached hydrogen (secondary N) is 1. The molecule has 0 radical (unpaired) electrons. The first-order chi connectivity index (χ1) is 7.25. The minimum absolute atomic E-state index is 0.790. The Kier molecular flexibility index (Phi) is 5.19. The molecule has 1 aromatic rings. The zero-order valence-corrected chi connectivity index (χ0v) is 9.97. The number of hydrogen-bond donors (Lipinski definition) is 1. The molecule has 0 heterocycles. The van der Waals surface area contributed by atoms with E-state index in [9.17, 15) is 0 Å². The number of rotatable bonds is 6. The van der Waals surface area contributed by atoms with Crippen LogP contribution < -0.4 is 10.1 Å². The van der Waals surface area contributed by atoms with Crippen LogP contribution in [0.4, 0.5) is 0 Å². The molecule has 1 N–H and O–H groups in total. The van der Waals surface area contributed by atoms with Gasteiger partial charge in [-0.05, 0) is 44.5 Å². The molecule has 84 valence electrons. The van der Waals surface area contributed by atoms with Crippen LogP contribution in [0.25, 0.3) is 0 Å². The third kappa shape index (κ3) is 3.92. The maximum Gasteiger partial charge on any atom is 0.125 e. The van der Waals surface area contributed by atoms with Crippen molar-refractivity contribution < 1.29 is 4.74 Å². The molecule has 2 heteroatoms. The molecule has 0 saturated heterocycles. The lowest BCUT2D eigenvalue weighted by molar-refractivity contribution is 0.305. The van der Waals surface area contributed by atoms with Crippen LogP contribution in [-0.2, 0) is 0 Å². The summed E-state index contributed by atoms with van der Waals surface area (Å²) in [6, 6.07) is 6.25. The van der Waals surface area contributed by atoms with E-state index in [0.29, 0.717) is 0 Å². The van der Waals surface area contributed by atoms with Crippen LogP contribution in [0.3, 0.4) is 0 Å². The second-order valence-corrected chi connectivity index (χ2v) is 3.78. The molecule has 0 saturated carbocycles. The van der Waals surface area contributed by atoms with Crippen LogP contribution in [0.5, 0.6) is 5.75 Å². The Balaban J connectivity index is 2.37. The first kappa shape index (κ1) is 12.1. The van der Waals surface area contributed by atoms with Crippen molar-refractivity contribution in [2.45, 2.75) is 27.2 Å². The normalized spacial score (nSPS) is 10.3. The minimum atomic E-state index is 0.790. The topological polar surface area (TPSA) is 21.3 Å². The van der Waals surface area contributed by atoms with Crippen LogP contribution in [-0.4, -0.2) is 19.7 Å². The monoisotopic (exact) mass is 207 g/mol. The van der Waals surface area contributed by atoms with Gasteiger partial charge in [0.1, 0.15) is 5.75 Å². The number of para-hydroxylation sites is 1. The van der Waals surface area contributed by atoms with Gasteiger partial charge in [-0.2, -0.15) is 0 Å². The third-order valence-corrected chi connectivity index (χ3v) is 2.40. The Morgan fingerprint density at radius 1 is 1.20 bits per heavy atom. The second-order valence-electron chi connectivity index (χ2n) is 3.78. The van der Waals surface area contributed by atoms with Crippen LogP contribution in [0, 0.1) is 13.8 Å². The first-order valence-corrected chi connectivity index (χ1v) is 5.65. The molecule has 0 spiro atoms. The molecule has 2 nitrogen and oxygen atoms in total. The lowest BCUT2D eigenvalue weighted by Crippen LogP contribution is -2.16. The highest BCUT2D eigenvalue weighted by Gasteiger charge is 2.01. The molecular formula is C13H21NO. The third-order valence-electron chi connectivity index (χ3n) is 2.40. The van der Waals surface area contributed by atoms with Gasteiger partial charge in [0.05, 0.1) is 6.61 Å². The summed E-state index contributed by atoms with van der Waals surface area (Å²) < 4.78 is 5.77. The quantitative estimate of drug-likeness (QED) is 0.724. The molecule has 0 atom stereocenters. The fourth-order valence-electron chi connectivity index (χ4n) is 1.58. The molecule has 0 fully saturated rings. The molecular weight excluding hydrogens is 186 g/mol. The van der Waals surface area contributed by atoms with Crippen LogP contribution in [0.15, 0.2) is 18.2 Å². The van der Waals surface area contributed by atoms with Crippen molar-refractivity contribution in [2.75, 3.05) is 19.7 Å². The Bertz CT molecular complexity index is 276. The summed E-state index contributed by atoms with van der Waals surface area (Å²) in [7, 11) is 0. The highest BCUT2D eigenvalue weighted by Crippen LogP contribution is 2.22. The zero-order chi connectivity index (χ0) is 11.1. The first-order valence-electron chi connectivity index (χ1n) is 5.65. The van der Waals surface area contributed by atoms with Gasteiger partial charge < -0.3 is 10.1 Å². The minimum Gasteiger partial charge on any atom is -0.493 e. The van der Waals surface area contributed by atoms with E-state index < -0.39 is 0 Å². The van der Waals surface area contributed by atoms with Gasteiger partial charge >= 0.3 is 0 Å². The van der Waals surface area contributed by atoms with E-state index in [4.69, 9.17) is 4.74 Å². The van der Waals surface area contributed by atoms with Crippen molar-refractivity contribution in [1.82, 2.24) is 5.32 Å². The van der Waals surface area contributed by atoms with Crippen molar-refractivity contribution in [2.24, 2.45) is 0 Å². The van der Waals surface area contributed by atoms with Gasteiger partial charge in [0, 0.05) is 0 Å². The number of hydrogen-bond acceptors (Lipinski definition) is 2. The maximum atomic E-state index is 5.77. The summed E-state index contributed by atoms with van der Waals surface area (Å²) in [5, 5.41) is 3.28. The average Bonchev–Trinajstić information content (AvgIpc) is 2.21. The summed E-state index contributed by atoms with van der Waals surface area (Å²) >= 11 is 0. The van der Waals surface area contributed by atoms with Gasteiger partial charge in [0.25, 0.3) is 0 Å². The summed E-state index contributed by atoms with van der Waals surface area (Å²) in [5.74, 6) is 1.05. The SMILES string of the molecule is CCNCCCOc1c(C)cccc1C. The van der Waals surface area contributed by atoms with E-state index in [0.717, 1.165) is 31.9 Å². The Morgan fingerprint density at radius 3 is 2.47 bits per heavy atom. The molecule has 0 bridgehead atoms. The molecule has 0 aliphatic rings. The van der Waals surface area contributed by atoms with E-state index in [1.54, 1.807) is 0 Å². The highest BCUT2D eigenvalue weighted by atomic mass is 16.5. The van der Waals surface area contributed by atoms with Gasteiger partial charge in [-0.15, -0.1) is 0 Å². The van der Waals surface area contributed by atoms with Gasteiger partial charge in [-0.3, -0.25) is 0 Å². The van der Waals surface area contributed by atoms with Crippen LogP contribution >= 0.6 is 0 Å². The predicted octanol–water partition coefficient (Wildman–Crippen LogP) is 2.68. The fraction of sp³-hybridized carbons (Fsp3) is 0.538. The summed E-state index contributed by atoms with van der Waals surface area (Å²) in [5.41, 5.74) is 2.44. The second kappa shape index (κ2) is 6.46. The average molecular weight is 207 g/mol. The Hall–Kier alpha value is -1.02. The van der Waals surface area contributed by atoms with Crippen molar-refractivity contribution >= 4 is 0 Å². The highest BCUT2D eigenvalue weighted by molar-refractivity contribution is 5.39. The summed E-state index contributed by atoms with van der Waals surface area (Å²) in [6.45, 7) is 9.15. The lowest BCUT2D eigenvalue weighted by atomic mass is 10.1. The summed E-state index contributed by atoms with van der Waals surface area (Å²) in [4.78, 5) is 0.